The zero-order chi connectivity index (χ0) is 23.7. The number of phenols is 1. The Morgan fingerprint density at radius 1 is 0.971 bits per heavy atom. The summed E-state index contributed by atoms with van der Waals surface area (Å²) in [6.45, 7) is 2.60. The van der Waals surface area contributed by atoms with E-state index in [9.17, 15) is 4.79 Å². The molecule has 0 radical (unpaired) electrons. The van der Waals surface area contributed by atoms with Crippen molar-refractivity contribution in [1.29, 1.82) is 0 Å². The van der Waals surface area contributed by atoms with Gasteiger partial charge in [-0.3, -0.25) is 4.79 Å². The zero-order valence-electron chi connectivity index (χ0n) is 19.3. The van der Waals surface area contributed by atoms with E-state index in [1.165, 1.54) is 52.8 Å². The summed E-state index contributed by atoms with van der Waals surface area (Å²) in [5.41, 5.74) is 8.20. The first-order chi connectivity index (χ1) is 16.5. The number of aliphatic carboxylic acids is 1. The standard InChI is InChI=1S/C20H18.C10H10O4/c1-14-6-2-9-16-10-5-13-19(20(14)16)18-12-4-8-15-7-3-11-17(15)18;11-7-1-2-8-6(3-10(12)13)5-14-9(8)4-7/h2,4-6,8-10,12-13H,3,7,11H2,1H3;1-2,4,6,11H,3,5H2,(H,12,13). The highest BCUT2D eigenvalue weighted by Crippen LogP contribution is 2.38. The number of carbonyl (C=O) groups is 1. The Balaban J connectivity index is 0.000000152. The molecule has 0 aromatic heterocycles. The van der Waals surface area contributed by atoms with Gasteiger partial charge in [0.1, 0.15) is 11.5 Å². The topological polar surface area (TPSA) is 66.8 Å². The smallest absolute Gasteiger partial charge is 0.304 e. The molecule has 1 heterocycles. The van der Waals surface area contributed by atoms with Crippen molar-refractivity contribution < 1.29 is 19.7 Å². The number of ether oxygens (including phenoxy) is 1. The predicted octanol–water partition coefficient (Wildman–Crippen LogP) is 6.65. The number of rotatable bonds is 3. The van der Waals surface area contributed by atoms with E-state index < -0.39 is 5.97 Å². The van der Waals surface area contributed by atoms with Crippen molar-refractivity contribution >= 4 is 16.7 Å². The molecule has 4 aromatic rings. The fourth-order valence-electron chi connectivity index (χ4n) is 5.27. The minimum atomic E-state index is -0.834. The van der Waals surface area contributed by atoms with Crippen LogP contribution in [0.15, 0.2) is 72.8 Å². The van der Waals surface area contributed by atoms with Crippen molar-refractivity contribution in [1.82, 2.24) is 0 Å². The summed E-state index contributed by atoms with van der Waals surface area (Å²) in [6, 6.07) is 24.8. The largest absolute Gasteiger partial charge is 0.508 e. The van der Waals surface area contributed by atoms with Gasteiger partial charge in [0.25, 0.3) is 0 Å². The van der Waals surface area contributed by atoms with Crippen LogP contribution in [-0.4, -0.2) is 22.8 Å². The normalized spacial score (nSPS) is 15.7. The van der Waals surface area contributed by atoms with Gasteiger partial charge in [-0.2, -0.15) is 0 Å². The molecular formula is C30H28O4. The van der Waals surface area contributed by atoms with E-state index in [1.54, 1.807) is 23.3 Å². The minimum absolute atomic E-state index is 0.0672. The van der Waals surface area contributed by atoms with Gasteiger partial charge in [0.05, 0.1) is 13.0 Å². The highest BCUT2D eigenvalue weighted by molar-refractivity contribution is 5.99. The van der Waals surface area contributed by atoms with Crippen molar-refractivity contribution in [3.63, 3.8) is 0 Å². The van der Waals surface area contributed by atoms with E-state index in [4.69, 9.17) is 14.9 Å². The van der Waals surface area contributed by atoms with E-state index >= 15 is 0 Å². The second-order valence-corrected chi connectivity index (χ2v) is 9.10. The van der Waals surface area contributed by atoms with Crippen molar-refractivity contribution in [3.05, 3.63) is 95.1 Å². The van der Waals surface area contributed by atoms with Crippen LogP contribution < -0.4 is 4.74 Å². The molecule has 4 heteroatoms. The molecule has 2 N–H and O–H groups in total. The number of hydrogen-bond acceptors (Lipinski definition) is 3. The SMILES string of the molecule is Cc1cccc2cccc(-c3cccc4c3CCC4)c12.O=C(O)CC1COc2cc(O)ccc21. The predicted molar refractivity (Wildman–Crippen MR) is 135 cm³/mol. The number of carboxylic acids is 1. The third kappa shape index (κ3) is 4.24. The molecule has 0 saturated carbocycles. The third-order valence-electron chi connectivity index (χ3n) is 6.85. The summed E-state index contributed by atoms with van der Waals surface area (Å²) >= 11 is 0. The molecule has 1 atom stereocenters. The number of carboxylic acid groups (broad SMARTS) is 1. The zero-order valence-corrected chi connectivity index (χ0v) is 19.3. The molecular weight excluding hydrogens is 424 g/mol. The molecule has 34 heavy (non-hydrogen) atoms. The fourth-order valence-corrected chi connectivity index (χ4v) is 5.27. The molecule has 0 spiro atoms. The van der Waals surface area contributed by atoms with Crippen molar-refractivity contribution in [2.75, 3.05) is 6.61 Å². The molecule has 1 aliphatic heterocycles. The highest BCUT2D eigenvalue weighted by Gasteiger charge is 2.26. The van der Waals surface area contributed by atoms with Crippen molar-refractivity contribution in [2.24, 2.45) is 0 Å². The summed E-state index contributed by atoms with van der Waals surface area (Å²) in [7, 11) is 0. The maximum absolute atomic E-state index is 10.5. The summed E-state index contributed by atoms with van der Waals surface area (Å²) < 4.78 is 5.27. The third-order valence-corrected chi connectivity index (χ3v) is 6.85. The van der Waals surface area contributed by atoms with Gasteiger partial charge in [0.15, 0.2) is 0 Å². The van der Waals surface area contributed by atoms with Crippen LogP contribution in [0.2, 0.25) is 0 Å². The molecule has 1 aliphatic carbocycles. The average molecular weight is 453 g/mol. The van der Waals surface area contributed by atoms with Crippen LogP contribution in [0.5, 0.6) is 11.5 Å². The Morgan fingerprint density at radius 2 is 1.74 bits per heavy atom. The lowest BCUT2D eigenvalue weighted by atomic mass is 9.91. The number of aromatic hydroxyl groups is 1. The first-order valence-electron chi connectivity index (χ1n) is 11.8. The van der Waals surface area contributed by atoms with E-state index in [0.29, 0.717) is 12.4 Å². The fraction of sp³-hybridized carbons (Fsp3) is 0.233. The van der Waals surface area contributed by atoms with Crippen molar-refractivity contribution in [2.45, 2.75) is 38.5 Å². The van der Waals surface area contributed by atoms with Crippen LogP contribution in [0, 0.1) is 6.92 Å². The molecule has 0 saturated heterocycles. The lowest BCUT2D eigenvalue weighted by molar-refractivity contribution is -0.137. The lowest BCUT2D eigenvalue weighted by Gasteiger charge is -2.13. The molecule has 172 valence electrons. The van der Waals surface area contributed by atoms with E-state index in [0.717, 1.165) is 5.56 Å². The molecule has 1 unspecified atom stereocenters. The number of hydrogen-bond donors (Lipinski definition) is 2. The van der Waals surface area contributed by atoms with Crippen LogP contribution in [0.1, 0.15) is 41.0 Å². The van der Waals surface area contributed by atoms with Crippen LogP contribution in [0.4, 0.5) is 0 Å². The number of fused-ring (bicyclic) bond motifs is 3. The van der Waals surface area contributed by atoms with Crippen LogP contribution in [0.25, 0.3) is 21.9 Å². The minimum Gasteiger partial charge on any atom is -0.508 e. The van der Waals surface area contributed by atoms with E-state index in [1.807, 2.05) is 0 Å². The summed E-state index contributed by atoms with van der Waals surface area (Å²) in [5, 5.41) is 20.6. The van der Waals surface area contributed by atoms with Crippen LogP contribution >= 0.6 is 0 Å². The molecule has 0 amide bonds. The van der Waals surface area contributed by atoms with Gasteiger partial charge in [-0.05, 0) is 70.8 Å². The van der Waals surface area contributed by atoms with Gasteiger partial charge < -0.3 is 14.9 Å². The second-order valence-electron chi connectivity index (χ2n) is 9.10. The van der Waals surface area contributed by atoms with E-state index in [2.05, 4.69) is 61.5 Å². The number of phenolic OH excluding ortho intramolecular Hbond substituents is 1. The number of aryl methyl sites for hydroxylation is 2. The first kappa shape index (κ1) is 22.0. The Hall–Kier alpha value is -3.79. The maximum Gasteiger partial charge on any atom is 0.304 e. The number of benzene rings is 4. The summed E-state index contributed by atoms with van der Waals surface area (Å²) in [4.78, 5) is 10.5. The van der Waals surface area contributed by atoms with Gasteiger partial charge in [-0.1, -0.05) is 60.7 Å². The highest BCUT2D eigenvalue weighted by atomic mass is 16.5. The van der Waals surface area contributed by atoms with Gasteiger partial charge in [0, 0.05) is 17.5 Å². The quantitative estimate of drug-likeness (QED) is 0.365. The van der Waals surface area contributed by atoms with Gasteiger partial charge in [-0.15, -0.1) is 0 Å². The summed E-state index contributed by atoms with van der Waals surface area (Å²) in [6.07, 6.45) is 3.84. The monoisotopic (exact) mass is 452 g/mol. The van der Waals surface area contributed by atoms with E-state index in [-0.39, 0.29) is 18.1 Å². The molecule has 2 aliphatic rings. The van der Waals surface area contributed by atoms with Gasteiger partial charge >= 0.3 is 5.97 Å². The molecule has 4 nitrogen and oxygen atoms in total. The van der Waals surface area contributed by atoms with Crippen molar-refractivity contribution in [3.8, 4) is 22.6 Å². The molecule has 4 aromatic carbocycles. The van der Waals surface area contributed by atoms with Gasteiger partial charge in [0.2, 0.25) is 0 Å². The maximum atomic E-state index is 10.5. The first-order valence-corrected chi connectivity index (χ1v) is 11.8. The Morgan fingerprint density at radius 3 is 2.56 bits per heavy atom. The molecule has 0 fully saturated rings. The van der Waals surface area contributed by atoms with Crippen LogP contribution in [0.3, 0.4) is 0 Å². The Labute approximate surface area is 199 Å². The van der Waals surface area contributed by atoms with Crippen LogP contribution in [-0.2, 0) is 17.6 Å². The summed E-state index contributed by atoms with van der Waals surface area (Å²) in [5.74, 6) is -0.196. The Kier molecular flexibility index (Phi) is 5.97. The average Bonchev–Trinajstić information content (AvgIpc) is 3.46. The van der Waals surface area contributed by atoms with Gasteiger partial charge in [-0.25, -0.2) is 0 Å². The lowest BCUT2D eigenvalue weighted by Crippen LogP contribution is -2.07. The second kappa shape index (κ2) is 9.22. The molecule has 0 bridgehead atoms. The molecule has 6 rings (SSSR count). The Bertz CT molecular complexity index is 1370.